The Labute approximate surface area is 120 Å². The van der Waals surface area contributed by atoms with E-state index < -0.39 is 0 Å². The summed E-state index contributed by atoms with van der Waals surface area (Å²) in [7, 11) is 0. The standard InChI is InChI=1S/C14H17N3O2S/c1-2-7-17-13-11(16-14(17)15-6-8-18)12(19)9-4-3-5-10(9)20-13/h2,18H,1,3-8H2,(H,15,16). The molecule has 2 aromatic rings. The number of allylic oxidation sites excluding steroid dienone is 1. The molecule has 0 aliphatic heterocycles. The predicted molar refractivity (Wildman–Crippen MR) is 81.7 cm³/mol. The Hall–Kier alpha value is -1.66. The van der Waals surface area contributed by atoms with Gasteiger partial charge < -0.3 is 10.4 Å². The van der Waals surface area contributed by atoms with Gasteiger partial charge in [-0.05, 0) is 19.3 Å². The number of nitrogens with one attached hydrogen (secondary N) is 1. The smallest absolute Gasteiger partial charge is 0.211 e. The van der Waals surface area contributed by atoms with Crippen LogP contribution in [0, 0.1) is 0 Å². The summed E-state index contributed by atoms with van der Waals surface area (Å²) in [5.74, 6) is 0.631. The zero-order chi connectivity index (χ0) is 14.1. The lowest BCUT2D eigenvalue weighted by Crippen LogP contribution is -2.10. The van der Waals surface area contributed by atoms with Gasteiger partial charge in [-0.2, -0.15) is 0 Å². The molecule has 3 rings (SSSR count). The maximum atomic E-state index is 12.5. The number of aliphatic hydroxyl groups excluding tert-OH is 1. The van der Waals surface area contributed by atoms with Gasteiger partial charge in [0.2, 0.25) is 11.4 Å². The molecule has 0 fully saturated rings. The van der Waals surface area contributed by atoms with E-state index in [1.54, 1.807) is 17.4 Å². The van der Waals surface area contributed by atoms with Crippen molar-refractivity contribution in [2.45, 2.75) is 25.8 Å². The predicted octanol–water partition coefficient (Wildman–Crippen LogP) is 1.54. The van der Waals surface area contributed by atoms with Crippen molar-refractivity contribution in [2.75, 3.05) is 18.5 Å². The molecule has 1 aliphatic rings. The van der Waals surface area contributed by atoms with Crippen molar-refractivity contribution >= 4 is 27.6 Å². The van der Waals surface area contributed by atoms with Crippen molar-refractivity contribution in [3.63, 3.8) is 0 Å². The molecule has 0 unspecified atom stereocenters. The van der Waals surface area contributed by atoms with Gasteiger partial charge in [0.25, 0.3) is 0 Å². The number of aromatic nitrogens is 2. The van der Waals surface area contributed by atoms with Gasteiger partial charge in [0, 0.05) is 23.5 Å². The summed E-state index contributed by atoms with van der Waals surface area (Å²) in [5, 5.41) is 12.0. The number of imidazole rings is 1. The van der Waals surface area contributed by atoms with Crippen LogP contribution < -0.4 is 10.7 Å². The van der Waals surface area contributed by atoms with Crippen LogP contribution >= 0.6 is 11.3 Å². The maximum Gasteiger partial charge on any atom is 0.211 e. The summed E-state index contributed by atoms with van der Waals surface area (Å²) in [6.45, 7) is 4.80. The van der Waals surface area contributed by atoms with Crippen molar-refractivity contribution < 1.29 is 5.11 Å². The van der Waals surface area contributed by atoms with E-state index in [1.807, 2.05) is 4.57 Å². The number of aliphatic hydroxyl groups is 1. The second-order valence-electron chi connectivity index (χ2n) is 4.83. The van der Waals surface area contributed by atoms with Crippen molar-refractivity contribution in [1.29, 1.82) is 0 Å². The molecule has 1 aliphatic carbocycles. The third kappa shape index (κ3) is 2.05. The summed E-state index contributed by atoms with van der Waals surface area (Å²) in [6.07, 6.45) is 4.71. The number of hydrogen-bond donors (Lipinski definition) is 2. The van der Waals surface area contributed by atoms with Gasteiger partial charge in [-0.1, -0.05) is 6.08 Å². The summed E-state index contributed by atoms with van der Waals surface area (Å²) < 4.78 is 1.96. The minimum Gasteiger partial charge on any atom is -0.395 e. The molecular weight excluding hydrogens is 274 g/mol. The molecule has 0 radical (unpaired) electrons. The molecule has 2 aromatic heterocycles. The van der Waals surface area contributed by atoms with Crippen LogP contribution in [0.4, 0.5) is 5.95 Å². The summed E-state index contributed by atoms with van der Waals surface area (Å²) >= 11 is 1.66. The SMILES string of the molecule is C=CCn1c(NCCO)nc2c(=O)c3c(sc21)CCC3. The molecular formula is C14H17N3O2S. The van der Waals surface area contributed by atoms with Crippen LogP contribution in [0.15, 0.2) is 17.4 Å². The van der Waals surface area contributed by atoms with Crippen LogP contribution in [0.25, 0.3) is 10.3 Å². The van der Waals surface area contributed by atoms with E-state index in [1.165, 1.54) is 4.88 Å². The molecule has 20 heavy (non-hydrogen) atoms. The Morgan fingerprint density at radius 2 is 2.35 bits per heavy atom. The third-order valence-corrected chi connectivity index (χ3v) is 4.81. The van der Waals surface area contributed by atoms with Crippen LogP contribution in [-0.4, -0.2) is 27.8 Å². The number of hydrogen-bond acceptors (Lipinski definition) is 5. The Balaban J connectivity index is 2.21. The molecule has 0 aromatic carbocycles. The monoisotopic (exact) mass is 291 g/mol. The minimum absolute atomic E-state index is 0.0292. The Kier molecular flexibility index (Phi) is 3.58. The molecule has 0 spiro atoms. The Morgan fingerprint density at radius 1 is 1.50 bits per heavy atom. The number of rotatable bonds is 5. The molecule has 0 saturated heterocycles. The van der Waals surface area contributed by atoms with Crippen LogP contribution in [-0.2, 0) is 19.4 Å². The molecule has 0 saturated carbocycles. The maximum absolute atomic E-state index is 12.5. The Bertz CT molecular complexity index is 717. The normalized spacial score (nSPS) is 13.7. The van der Waals surface area contributed by atoms with E-state index in [-0.39, 0.29) is 12.0 Å². The van der Waals surface area contributed by atoms with Gasteiger partial charge in [0.15, 0.2) is 0 Å². The first-order valence-corrected chi connectivity index (χ1v) is 7.58. The third-order valence-electron chi connectivity index (χ3n) is 3.50. The van der Waals surface area contributed by atoms with Crippen LogP contribution in [0.1, 0.15) is 16.9 Å². The van der Waals surface area contributed by atoms with Crippen molar-refractivity contribution in [3.8, 4) is 0 Å². The highest BCUT2D eigenvalue weighted by atomic mass is 32.1. The number of anilines is 1. The molecule has 6 heteroatoms. The van der Waals surface area contributed by atoms with E-state index in [0.29, 0.717) is 24.6 Å². The molecule has 0 bridgehead atoms. The van der Waals surface area contributed by atoms with E-state index in [0.717, 1.165) is 29.7 Å². The summed E-state index contributed by atoms with van der Waals surface area (Å²) in [5.41, 5.74) is 1.55. The fourth-order valence-corrected chi connectivity index (χ4v) is 3.92. The molecule has 2 heterocycles. The van der Waals surface area contributed by atoms with E-state index in [2.05, 4.69) is 16.9 Å². The average Bonchev–Trinajstić information content (AvgIpc) is 3.04. The molecule has 0 amide bonds. The summed E-state index contributed by atoms with van der Waals surface area (Å²) in [4.78, 5) is 19.0. The second kappa shape index (κ2) is 5.38. The van der Waals surface area contributed by atoms with Gasteiger partial charge >= 0.3 is 0 Å². The van der Waals surface area contributed by atoms with E-state index >= 15 is 0 Å². The number of fused-ring (bicyclic) bond motifs is 2. The van der Waals surface area contributed by atoms with Gasteiger partial charge in [-0.15, -0.1) is 17.9 Å². The van der Waals surface area contributed by atoms with Gasteiger partial charge in [0.05, 0.1) is 6.61 Å². The van der Waals surface area contributed by atoms with Gasteiger partial charge in [0.1, 0.15) is 10.3 Å². The highest BCUT2D eigenvalue weighted by Crippen LogP contribution is 2.30. The number of aryl methyl sites for hydroxylation is 1. The molecule has 2 N–H and O–H groups in total. The second-order valence-corrected chi connectivity index (χ2v) is 5.91. The zero-order valence-electron chi connectivity index (χ0n) is 11.2. The minimum atomic E-state index is 0.0292. The Morgan fingerprint density at radius 3 is 3.10 bits per heavy atom. The lowest BCUT2D eigenvalue weighted by atomic mass is 10.2. The average molecular weight is 291 g/mol. The fourth-order valence-electron chi connectivity index (χ4n) is 2.62. The van der Waals surface area contributed by atoms with Crippen LogP contribution in [0.3, 0.4) is 0 Å². The van der Waals surface area contributed by atoms with E-state index in [9.17, 15) is 4.79 Å². The first-order chi connectivity index (χ1) is 9.76. The highest BCUT2D eigenvalue weighted by molar-refractivity contribution is 7.18. The topological polar surface area (TPSA) is 67.2 Å². The first-order valence-electron chi connectivity index (χ1n) is 6.77. The van der Waals surface area contributed by atoms with Gasteiger partial charge in [-0.3, -0.25) is 9.36 Å². The highest BCUT2D eigenvalue weighted by Gasteiger charge is 2.22. The quantitative estimate of drug-likeness (QED) is 0.820. The van der Waals surface area contributed by atoms with Crippen molar-refractivity contribution in [1.82, 2.24) is 9.55 Å². The van der Waals surface area contributed by atoms with E-state index in [4.69, 9.17) is 5.11 Å². The van der Waals surface area contributed by atoms with Crippen molar-refractivity contribution in [2.24, 2.45) is 0 Å². The fraction of sp³-hybridized carbons (Fsp3) is 0.429. The lowest BCUT2D eigenvalue weighted by Gasteiger charge is -2.07. The summed E-state index contributed by atoms with van der Waals surface area (Å²) in [6, 6.07) is 0. The lowest BCUT2D eigenvalue weighted by molar-refractivity contribution is 0.310. The van der Waals surface area contributed by atoms with Crippen molar-refractivity contribution in [3.05, 3.63) is 33.3 Å². The van der Waals surface area contributed by atoms with Crippen LogP contribution in [0.2, 0.25) is 0 Å². The molecule has 106 valence electrons. The van der Waals surface area contributed by atoms with Gasteiger partial charge in [-0.25, -0.2) is 4.98 Å². The van der Waals surface area contributed by atoms with Crippen LogP contribution in [0.5, 0.6) is 0 Å². The molecule has 5 nitrogen and oxygen atoms in total. The first kappa shape index (κ1) is 13.3. The zero-order valence-corrected chi connectivity index (χ0v) is 12.0. The number of nitrogens with zero attached hydrogens (tertiary/aromatic N) is 2. The molecule has 0 atom stereocenters. The largest absolute Gasteiger partial charge is 0.395 e.